The summed E-state index contributed by atoms with van der Waals surface area (Å²) in [5.74, 6) is 6.41. The molecule has 3 N–H and O–H groups in total. The Morgan fingerprint density at radius 1 is 1.45 bits per heavy atom. The van der Waals surface area contributed by atoms with Gasteiger partial charge in [-0.15, -0.1) is 0 Å². The average Bonchev–Trinajstić information content (AvgIpc) is 2.41. The predicted molar refractivity (Wildman–Crippen MR) is 81.5 cm³/mol. The molecule has 2 unspecified atom stereocenters. The number of nitrogens with two attached hydrogens (primary N) is 1. The van der Waals surface area contributed by atoms with Crippen LogP contribution in [0.4, 0.5) is 5.82 Å². The molecule has 1 saturated heterocycles. The van der Waals surface area contributed by atoms with Gasteiger partial charge in [-0.3, -0.25) is 0 Å². The number of nitrogen functional groups attached to an aromatic ring is 1. The number of anilines is 1. The smallest absolute Gasteiger partial charge is 0.246 e. The molecule has 0 aromatic carbocycles. The minimum absolute atomic E-state index is 0.108. The van der Waals surface area contributed by atoms with Crippen LogP contribution in [0.1, 0.15) is 20.3 Å². The van der Waals surface area contributed by atoms with Crippen molar-refractivity contribution < 1.29 is 8.42 Å². The Kier molecular flexibility index (Phi) is 4.68. The van der Waals surface area contributed by atoms with E-state index in [-0.39, 0.29) is 10.7 Å². The van der Waals surface area contributed by atoms with Gasteiger partial charge in [-0.05, 0) is 40.3 Å². The predicted octanol–water partition coefficient (Wildman–Crippen LogP) is 1.80. The lowest BCUT2D eigenvalue weighted by Crippen LogP contribution is -2.42. The second-order valence-corrected chi connectivity index (χ2v) is 8.07. The Bertz CT molecular complexity index is 593. The van der Waals surface area contributed by atoms with Crippen molar-refractivity contribution in [2.24, 2.45) is 17.7 Å². The van der Waals surface area contributed by atoms with Crippen molar-refractivity contribution in [1.29, 1.82) is 0 Å². The highest BCUT2D eigenvalue weighted by Crippen LogP contribution is 2.30. The van der Waals surface area contributed by atoms with E-state index in [9.17, 15) is 8.42 Å². The van der Waals surface area contributed by atoms with Crippen LogP contribution >= 0.6 is 15.9 Å². The molecule has 1 aromatic heterocycles. The van der Waals surface area contributed by atoms with Gasteiger partial charge in [0.25, 0.3) is 0 Å². The third kappa shape index (κ3) is 2.98. The highest BCUT2D eigenvalue weighted by molar-refractivity contribution is 9.10. The third-order valence-corrected chi connectivity index (χ3v) is 6.18. The number of hydrogen-bond donors (Lipinski definition) is 2. The summed E-state index contributed by atoms with van der Waals surface area (Å²) in [5, 5.41) is 0. The molecule has 1 aromatic rings. The van der Waals surface area contributed by atoms with Gasteiger partial charge in [-0.1, -0.05) is 13.8 Å². The molecule has 0 amide bonds. The van der Waals surface area contributed by atoms with Crippen molar-refractivity contribution in [3.63, 3.8) is 0 Å². The van der Waals surface area contributed by atoms with Crippen molar-refractivity contribution in [2.75, 3.05) is 18.5 Å². The molecule has 1 fully saturated rings. The molecule has 1 aliphatic heterocycles. The molecule has 112 valence electrons. The van der Waals surface area contributed by atoms with Gasteiger partial charge in [-0.2, -0.15) is 4.31 Å². The number of rotatable bonds is 3. The second kappa shape index (κ2) is 5.97. The zero-order valence-corrected chi connectivity index (χ0v) is 13.9. The zero-order chi connectivity index (χ0) is 14.9. The first-order chi connectivity index (χ1) is 9.36. The van der Waals surface area contributed by atoms with Gasteiger partial charge >= 0.3 is 0 Å². The van der Waals surface area contributed by atoms with Gasteiger partial charge in [0.1, 0.15) is 4.90 Å². The van der Waals surface area contributed by atoms with E-state index in [1.807, 2.05) is 0 Å². The van der Waals surface area contributed by atoms with Crippen molar-refractivity contribution >= 4 is 31.8 Å². The lowest BCUT2D eigenvalue weighted by Gasteiger charge is -2.34. The Balaban J connectivity index is 2.38. The van der Waals surface area contributed by atoms with Gasteiger partial charge < -0.3 is 5.43 Å². The van der Waals surface area contributed by atoms with E-state index in [0.29, 0.717) is 29.4 Å². The van der Waals surface area contributed by atoms with Crippen LogP contribution < -0.4 is 11.3 Å². The number of aromatic nitrogens is 1. The second-order valence-electron chi connectivity index (χ2n) is 5.25. The first kappa shape index (κ1) is 15.7. The van der Waals surface area contributed by atoms with Gasteiger partial charge in [0.15, 0.2) is 5.82 Å². The molecular weight excluding hydrogens is 344 g/mol. The van der Waals surface area contributed by atoms with Crippen molar-refractivity contribution in [1.82, 2.24) is 9.29 Å². The van der Waals surface area contributed by atoms with Gasteiger partial charge in [-0.25, -0.2) is 19.2 Å². The largest absolute Gasteiger partial charge is 0.307 e. The molecule has 1 aliphatic rings. The number of hydrazine groups is 1. The Morgan fingerprint density at radius 3 is 2.75 bits per heavy atom. The summed E-state index contributed by atoms with van der Waals surface area (Å²) in [4.78, 5) is 4.11. The fraction of sp³-hybridized carbons (Fsp3) is 0.583. The number of pyridine rings is 1. The van der Waals surface area contributed by atoms with Gasteiger partial charge in [0, 0.05) is 23.8 Å². The molecule has 0 bridgehead atoms. The molecule has 8 heteroatoms. The fourth-order valence-electron chi connectivity index (χ4n) is 2.31. The molecule has 0 aliphatic carbocycles. The molecule has 0 radical (unpaired) electrons. The minimum Gasteiger partial charge on any atom is -0.307 e. The summed E-state index contributed by atoms with van der Waals surface area (Å²) in [6, 6.07) is 1.53. The zero-order valence-electron chi connectivity index (χ0n) is 11.5. The first-order valence-corrected chi connectivity index (χ1v) is 8.72. The fourth-order valence-corrected chi connectivity index (χ4v) is 4.48. The maximum Gasteiger partial charge on any atom is 0.246 e. The number of piperidine rings is 1. The minimum atomic E-state index is -3.59. The van der Waals surface area contributed by atoms with E-state index in [2.05, 4.69) is 40.2 Å². The van der Waals surface area contributed by atoms with Crippen LogP contribution in [0, 0.1) is 11.8 Å². The molecule has 0 spiro atoms. The molecule has 20 heavy (non-hydrogen) atoms. The maximum absolute atomic E-state index is 12.7. The van der Waals surface area contributed by atoms with E-state index < -0.39 is 10.0 Å². The number of sulfonamides is 1. The molecule has 2 atom stereocenters. The third-order valence-electron chi connectivity index (χ3n) is 3.87. The molecule has 6 nitrogen and oxygen atoms in total. The maximum atomic E-state index is 12.7. The lowest BCUT2D eigenvalue weighted by atomic mass is 9.90. The number of halogens is 1. The molecular formula is C12H19BrN4O2S. The van der Waals surface area contributed by atoms with Crippen LogP contribution in [-0.4, -0.2) is 30.8 Å². The van der Waals surface area contributed by atoms with Gasteiger partial charge in [0.05, 0.1) is 0 Å². The van der Waals surface area contributed by atoms with E-state index in [1.54, 1.807) is 0 Å². The summed E-state index contributed by atoms with van der Waals surface area (Å²) in [6.45, 7) is 5.29. The van der Waals surface area contributed by atoms with E-state index in [0.717, 1.165) is 6.42 Å². The van der Waals surface area contributed by atoms with E-state index >= 15 is 0 Å². The Hall–Kier alpha value is -0.700. The molecule has 0 saturated carbocycles. The van der Waals surface area contributed by atoms with Crippen LogP contribution in [-0.2, 0) is 10.0 Å². The van der Waals surface area contributed by atoms with Crippen molar-refractivity contribution in [3.8, 4) is 0 Å². The monoisotopic (exact) mass is 362 g/mol. The summed E-state index contributed by atoms with van der Waals surface area (Å²) in [5.41, 5.74) is 2.35. The normalized spacial score (nSPS) is 24.6. The van der Waals surface area contributed by atoms with E-state index in [1.165, 1.54) is 16.6 Å². The van der Waals surface area contributed by atoms with E-state index in [4.69, 9.17) is 5.84 Å². The molecule has 2 rings (SSSR count). The van der Waals surface area contributed by atoms with Crippen molar-refractivity contribution in [2.45, 2.75) is 25.2 Å². The van der Waals surface area contributed by atoms with Crippen LogP contribution in [0.5, 0.6) is 0 Å². The first-order valence-electron chi connectivity index (χ1n) is 6.48. The average molecular weight is 363 g/mol. The summed E-state index contributed by atoms with van der Waals surface area (Å²) in [6.07, 6.45) is 2.38. The summed E-state index contributed by atoms with van der Waals surface area (Å²) < 4.78 is 27.6. The standard InChI is InChI=1S/C12H19BrN4O2S/c1-8-3-4-17(7-9(8)2)20(18,19)11-5-10(13)6-15-12(11)16-14/h5-6,8-9H,3-4,7,14H2,1-2H3,(H,15,16). The lowest BCUT2D eigenvalue weighted by molar-refractivity contribution is 0.212. The number of nitrogens with zero attached hydrogens (tertiary/aromatic N) is 2. The number of nitrogens with one attached hydrogen (secondary N) is 1. The highest BCUT2D eigenvalue weighted by atomic mass is 79.9. The summed E-state index contributed by atoms with van der Waals surface area (Å²) >= 11 is 3.25. The van der Waals surface area contributed by atoms with Crippen LogP contribution in [0.15, 0.2) is 21.6 Å². The number of hydrogen-bond acceptors (Lipinski definition) is 5. The van der Waals surface area contributed by atoms with Gasteiger partial charge in [0.2, 0.25) is 10.0 Å². The van der Waals surface area contributed by atoms with Crippen LogP contribution in [0.25, 0.3) is 0 Å². The highest BCUT2D eigenvalue weighted by Gasteiger charge is 2.33. The topological polar surface area (TPSA) is 88.3 Å². The quantitative estimate of drug-likeness (QED) is 0.632. The van der Waals surface area contributed by atoms with Crippen LogP contribution in [0.2, 0.25) is 0 Å². The SMILES string of the molecule is CC1CCN(S(=O)(=O)c2cc(Br)cnc2NN)CC1C. The molecule has 2 heterocycles. The van der Waals surface area contributed by atoms with Crippen LogP contribution in [0.3, 0.4) is 0 Å². The summed E-state index contributed by atoms with van der Waals surface area (Å²) in [7, 11) is -3.59. The Morgan fingerprint density at radius 2 is 2.15 bits per heavy atom. The van der Waals surface area contributed by atoms with Crippen molar-refractivity contribution in [3.05, 3.63) is 16.7 Å². The Labute approximate surface area is 127 Å².